The molecular weight excluding hydrogens is 168 g/mol. The van der Waals surface area contributed by atoms with Crippen molar-refractivity contribution in [2.24, 2.45) is 5.92 Å². The molecule has 0 aliphatic carbocycles. The van der Waals surface area contributed by atoms with E-state index in [1.165, 1.54) is 0 Å². The van der Waals surface area contributed by atoms with Crippen molar-refractivity contribution < 1.29 is 9.22 Å². The maximum atomic E-state index is 11.2. The molecule has 0 aliphatic rings. The van der Waals surface area contributed by atoms with Gasteiger partial charge in [0.05, 0.1) is 0 Å². The molecule has 0 saturated carbocycles. The zero-order valence-electron chi connectivity index (χ0n) is 8.39. The van der Waals surface area contributed by atoms with E-state index in [9.17, 15) is 4.79 Å². The molecule has 0 N–H and O–H groups in total. The zero-order chi connectivity index (χ0) is 9.56. The van der Waals surface area contributed by atoms with Gasteiger partial charge in [0.1, 0.15) is 0 Å². The average Bonchev–Trinajstić information content (AvgIpc) is 2.06. The smallest absolute Gasteiger partial charge is 0.319 e. The lowest BCUT2D eigenvalue weighted by atomic mass is 9.96. The molecule has 0 bridgehead atoms. The van der Waals surface area contributed by atoms with Crippen LogP contribution in [0.15, 0.2) is 11.6 Å². The van der Waals surface area contributed by atoms with Crippen molar-refractivity contribution in [3.8, 4) is 0 Å². The number of carbonyl (C=O) groups excluding carboxylic acids is 1. The molecule has 0 spiro atoms. The van der Waals surface area contributed by atoms with E-state index in [2.05, 4.69) is 13.8 Å². The van der Waals surface area contributed by atoms with Crippen LogP contribution < -0.4 is 0 Å². The Hall–Kier alpha value is -0.573. The fourth-order valence-corrected chi connectivity index (χ4v) is 1.55. The van der Waals surface area contributed by atoms with E-state index < -0.39 is 0 Å². The standard InChI is InChI=1S/C9H18O2Si/c1-4-6-7(3)8(5-2)9(10)11-12/h5,7H,4,6H2,1-3,12H3. The van der Waals surface area contributed by atoms with E-state index in [1.807, 2.05) is 13.0 Å². The second kappa shape index (κ2) is 6.00. The minimum absolute atomic E-state index is 0.134. The van der Waals surface area contributed by atoms with Crippen molar-refractivity contribution in [1.82, 2.24) is 0 Å². The second-order valence-corrected chi connectivity index (χ2v) is 3.33. The van der Waals surface area contributed by atoms with Gasteiger partial charge in [0.25, 0.3) is 0 Å². The van der Waals surface area contributed by atoms with Crippen LogP contribution in [-0.4, -0.2) is 16.5 Å². The van der Waals surface area contributed by atoms with Crippen LogP contribution in [0.5, 0.6) is 0 Å². The van der Waals surface area contributed by atoms with Crippen molar-refractivity contribution in [3.05, 3.63) is 11.6 Å². The number of rotatable bonds is 4. The topological polar surface area (TPSA) is 26.3 Å². The third-order valence-corrected chi connectivity index (χ3v) is 2.36. The molecule has 0 heterocycles. The lowest BCUT2D eigenvalue weighted by Crippen LogP contribution is -2.12. The van der Waals surface area contributed by atoms with Gasteiger partial charge in [0, 0.05) is 5.57 Å². The molecule has 0 fully saturated rings. The fourth-order valence-electron chi connectivity index (χ4n) is 1.31. The summed E-state index contributed by atoms with van der Waals surface area (Å²) in [6.45, 7) is 6.08. The highest BCUT2D eigenvalue weighted by Gasteiger charge is 2.14. The van der Waals surface area contributed by atoms with Crippen molar-refractivity contribution in [2.45, 2.75) is 33.6 Å². The summed E-state index contributed by atoms with van der Waals surface area (Å²) in [7, 11) is 0.485. The van der Waals surface area contributed by atoms with Crippen molar-refractivity contribution in [3.63, 3.8) is 0 Å². The molecule has 0 rings (SSSR count). The van der Waals surface area contributed by atoms with Crippen LogP contribution in [0.4, 0.5) is 0 Å². The molecule has 0 aromatic heterocycles. The molecule has 2 nitrogen and oxygen atoms in total. The molecule has 1 unspecified atom stereocenters. The van der Waals surface area contributed by atoms with Crippen molar-refractivity contribution in [1.29, 1.82) is 0 Å². The summed E-state index contributed by atoms with van der Waals surface area (Å²) >= 11 is 0. The third kappa shape index (κ3) is 3.22. The number of carbonyl (C=O) groups is 1. The van der Waals surface area contributed by atoms with Gasteiger partial charge in [-0.15, -0.1) is 0 Å². The Labute approximate surface area is 77.5 Å². The van der Waals surface area contributed by atoms with Crippen LogP contribution in [0.25, 0.3) is 0 Å². The molecule has 12 heavy (non-hydrogen) atoms. The Morgan fingerprint density at radius 3 is 2.58 bits per heavy atom. The molecule has 0 amide bonds. The van der Waals surface area contributed by atoms with Crippen molar-refractivity contribution in [2.75, 3.05) is 0 Å². The molecule has 0 aromatic rings. The molecular formula is C9H18O2Si. The molecule has 0 aliphatic heterocycles. The molecule has 1 atom stereocenters. The summed E-state index contributed by atoms with van der Waals surface area (Å²) in [6.07, 6.45) is 4.02. The quantitative estimate of drug-likeness (QED) is 0.487. The number of hydrogen-bond donors (Lipinski definition) is 0. The highest BCUT2D eigenvalue weighted by atomic mass is 28.2. The first kappa shape index (κ1) is 11.4. The molecule has 70 valence electrons. The SMILES string of the molecule is CC=C(C(=O)O[SiH3])C(C)CCC. The van der Waals surface area contributed by atoms with E-state index in [4.69, 9.17) is 4.43 Å². The van der Waals surface area contributed by atoms with Crippen LogP contribution in [0.1, 0.15) is 33.6 Å². The zero-order valence-corrected chi connectivity index (χ0v) is 10.4. The highest BCUT2D eigenvalue weighted by molar-refractivity contribution is 6.09. The molecule has 3 heteroatoms. The first-order chi connectivity index (χ1) is 5.67. The van der Waals surface area contributed by atoms with Gasteiger partial charge in [-0.25, -0.2) is 4.79 Å². The monoisotopic (exact) mass is 186 g/mol. The molecule has 0 saturated heterocycles. The number of allylic oxidation sites excluding steroid dienone is 1. The Kier molecular flexibility index (Phi) is 5.71. The maximum Gasteiger partial charge on any atom is 0.319 e. The van der Waals surface area contributed by atoms with Crippen molar-refractivity contribution >= 4 is 16.5 Å². The lowest BCUT2D eigenvalue weighted by Gasteiger charge is -2.12. The van der Waals surface area contributed by atoms with Gasteiger partial charge in [0.2, 0.25) is 10.5 Å². The van der Waals surface area contributed by atoms with Gasteiger partial charge in [-0.1, -0.05) is 26.3 Å². The van der Waals surface area contributed by atoms with Gasteiger partial charge in [0.15, 0.2) is 0 Å². The Balaban J connectivity index is 4.25. The van der Waals surface area contributed by atoms with E-state index in [0.717, 1.165) is 18.4 Å². The van der Waals surface area contributed by atoms with E-state index in [0.29, 0.717) is 16.4 Å². The summed E-state index contributed by atoms with van der Waals surface area (Å²) in [5.41, 5.74) is 0.826. The lowest BCUT2D eigenvalue weighted by molar-refractivity contribution is -0.130. The van der Waals surface area contributed by atoms with Gasteiger partial charge in [-0.05, 0) is 19.3 Å². The third-order valence-electron chi connectivity index (χ3n) is 1.98. The minimum atomic E-state index is -0.134. The summed E-state index contributed by atoms with van der Waals surface area (Å²) < 4.78 is 4.80. The van der Waals surface area contributed by atoms with E-state index in [1.54, 1.807) is 0 Å². The summed E-state index contributed by atoms with van der Waals surface area (Å²) in [5, 5.41) is 0. The Morgan fingerprint density at radius 2 is 2.25 bits per heavy atom. The Bertz CT molecular complexity index is 175. The molecule has 0 radical (unpaired) electrons. The van der Waals surface area contributed by atoms with E-state index in [-0.39, 0.29) is 5.97 Å². The van der Waals surface area contributed by atoms with Gasteiger partial charge < -0.3 is 4.43 Å². The minimum Gasteiger partial charge on any atom is -0.525 e. The largest absolute Gasteiger partial charge is 0.525 e. The average molecular weight is 186 g/mol. The van der Waals surface area contributed by atoms with Crippen LogP contribution in [0.3, 0.4) is 0 Å². The first-order valence-electron chi connectivity index (χ1n) is 4.41. The maximum absolute atomic E-state index is 11.2. The summed E-state index contributed by atoms with van der Waals surface area (Å²) in [5.74, 6) is 0.201. The van der Waals surface area contributed by atoms with Crippen LogP contribution in [0.2, 0.25) is 0 Å². The van der Waals surface area contributed by atoms with Crippen LogP contribution in [-0.2, 0) is 9.22 Å². The van der Waals surface area contributed by atoms with Gasteiger partial charge >= 0.3 is 5.97 Å². The normalized spacial score (nSPS) is 14.4. The van der Waals surface area contributed by atoms with E-state index >= 15 is 0 Å². The summed E-state index contributed by atoms with van der Waals surface area (Å²) in [6, 6.07) is 0. The Morgan fingerprint density at radius 1 is 1.67 bits per heavy atom. The van der Waals surface area contributed by atoms with Crippen LogP contribution in [0, 0.1) is 5.92 Å². The fraction of sp³-hybridized carbons (Fsp3) is 0.667. The predicted octanol–water partition coefficient (Wildman–Crippen LogP) is 1.19. The van der Waals surface area contributed by atoms with Gasteiger partial charge in [-0.3, -0.25) is 0 Å². The summed E-state index contributed by atoms with van der Waals surface area (Å²) in [4.78, 5) is 11.2. The molecule has 0 aromatic carbocycles. The number of hydrogen-bond acceptors (Lipinski definition) is 2. The highest BCUT2D eigenvalue weighted by Crippen LogP contribution is 2.17. The predicted molar refractivity (Wildman–Crippen MR) is 53.9 cm³/mol. The first-order valence-corrected chi connectivity index (χ1v) is 5.23. The van der Waals surface area contributed by atoms with Gasteiger partial charge in [-0.2, -0.15) is 0 Å². The second-order valence-electron chi connectivity index (χ2n) is 2.93. The van der Waals surface area contributed by atoms with Crippen LogP contribution >= 0.6 is 0 Å².